The van der Waals surface area contributed by atoms with E-state index in [1.807, 2.05) is 13.0 Å². The van der Waals surface area contributed by atoms with E-state index in [9.17, 15) is 9.59 Å². The van der Waals surface area contributed by atoms with Gasteiger partial charge in [0.2, 0.25) is 5.91 Å². The summed E-state index contributed by atoms with van der Waals surface area (Å²) in [6.07, 6.45) is 0. The molecule has 0 radical (unpaired) electrons. The molecule has 1 amide bonds. The van der Waals surface area contributed by atoms with Crippen LogP contribution in [-0.4, -0.2) is 28.7 Å². The molecule has 1 unspecified atom stereocenters. The molecule has 1 aromatic rings. The maximum Gasteiger partial charge on any atom is 0.246 e. The van der Waals surface area contributed by atoms with Gasteiger partial charge in [-0.3, -0.25) is 9.59 Å². The van der Waals surface area contributed by atoms with E-state index in [1.165, 1.54) is 11.3 Å². The van der Waals surface area contributed by atoms with Gasteiger partial charge in [-0.1, -0.05) is 15.9 Å². The second kappa shape index (κ2) is 6.12. The van der Waals surface area contributed by atoms with Crippen molar-refractivity contribution < 1.29 is 14.7 Å². The Morgan fingerprint density at radius 1 is 1.56 bits per heavy atom. The monoisotopic (exact) mass is 305 g/mol. The van der Waals surface area contributed by atoms with Crippen LogP contribution in [0.25, 0.3) is 0 Å². The molecule has 0 fully saturated rings. The number of carbonyl (C=O) groups is 2. The molecular formula is C10H12BrNO3S. The second-order valence-electron chi connectivity index (χ2n) is 3.21. The summed E-state index contributed by atoms with van der Waals surface area (Å²) in [4.78, 5) is 23.9. The lowest BCUT2D eigenvalue weighted by atomic mass is 10.2. The van der Waals surface area contributed by atoms with Crippen molar-refractivity contribution in [1.29, 1.82) is 0 Å². The molecule has 0 saturated heterocycles. The maximum absolute atomic E-state index is 11.4. The average molecular weight is 306 g/mol. The molecule has 0 bridgehead atoms. The smallest absolute Gasteiger partial charge is 0.246 e. The zero-order chi connectivity index (χ0) is 12.1. The number of alkyl halides is 1. The van der Waals surface area contributed by atoms with Crippen molar-refractivity contribution in [3.05, 3.63) is 21.9 Å². The normalized spacial score (nSPS) is 12.2. The molecule has 1 heterocycles. The summed E-state index contributed by atoms with van der Waals surface area (Å²) < 4.78 is 0. The Bertz CT molecular complexity index is 391. The van der Waals surface area contributed by atoms with Crippen LogP contribution in [0, 0.1) is 0 Å². The zero-order valence-electron chi connectivity index (χ0n) is 8.70. The highest BCUT2D eigenvalue weighted by atomic mass is 79.9. The minimum absolute atomic E-state index is 0.0249. The molecule has 1 rings (SSSR count). The van der Waals surface area contributed by atoms with Crippen LogP contribution in [0.5, 0.6) is 0 Å². The number of halogens is 1. The van der Waals surface area contributed by atoms with Crippen molar-refractivity contribution in [2.24, 2.45) is 0 Å². The number of aliphatic hydroxyl groups is 1. The molecule has 0 aromatic carbocycles. The number of Topliss-reactive ketones (excluding diaryl/α,β-unsaturated/α-hetero) is 1. The summed E-state index contributed by atoms with van der Waals surface area (Å²) in [6, 6.07) is 3.36. The van der Waals surface area contributed by atoms with Gasteiger partial charge in [-0.2, -0.15) is 0 Å². The Balaban J connectivity index is 2.70. The van der Waals surface area contributed by atoms with Crippen molar-refractivity contribution in [1.82, 2.24) is 5.32 Å². The van der Waals surface area contributed by atoms with Crippen LogP contribution < -0.4 is 5.32 Å². The SMILES string of the molecule is CC(NC(=O)CO)c1ccc(C(=O)CBr)s1. The van der Waals surface area contributed by atoms with Crippen molar-refractivity contribution in [2.45, 2.75) is 13.0 Å². The Labute approximate surface area is 106 Å². The van der Waals surface area contributed by atoms with Gasteiger partial charge in [0.1, 0.15) is 6.61 Å². The summed E-state index contributed by atoms with van der Waals surface area (Å²) in [5.74, 6) is -0.397. The van der Waals surface area contributed by atoms with Gasteiger partial charge < -0.3 is 10.4 Å². The zero-order valence-corrected chi connectivity index (χ0v) is 11.1. The number of hydrogen-bond acceptors (Lipinski definition) is 4. The van der Waals surface area contributed by atoms with Crippen molar-refractivity contribution in [2.75, 3.05) is 11.9 Å². The molecule has 4 nitrogen and oxygen atoms in total. The van der Waals surface area contributed by atoms with Gasteiger partial charge in [0.25, 0.3) is 0 Å². The van der Waals surface area contributed by atoms with Crippen LogP contribution in [0.3, 0.4) is 0 Å². The molecule has 0 aliphatic rings. The summed E-state index contributed by atoms with van der Waals surface area (Å²) >= 11 is 4.45. The number of ketones is 1. The van der Waals surface area contributed by atoms with Crippen LogP contribution in [0.15, 0.2) is 12.1 Å². The van der Waals surface area contributed by atoms with Crippen LogP contribution in [0.2, 0.25) is 0 Å². The topological polar surface area (TPSA) is 66.4 Å². The second-order valence-corrected chi connectivity index (χ2v) is 4.88. The van der Waals surface area contributed by atoms with Gasteiger partial charge >= 0.3 is 0 Å². The average Bonchev–Trinajstić information content (AvgIpc) is 2.77. The first-order valence-corrected chi connectivity index (χ1v) is 6.61. The molecule has 6 heteroatoms. The molecule has 0 spiro atoms. The fraction of sp³-hybridized carbons (Fsp3) is 0.400. The molecule has 1 atom stereocenters. The number of aliphatic hydroxyl groups excluding tert-OH is 1. The van der Waals surface area contributed by atoms with Gasteiger partial charge in [-0.05, 0) is 19.1 Å². The van der Waals surface area contributed by atoms with Crippen LogP contribution in [0.1, 0.15) is 27.5 Å². The lowest BCUT2D eigenvalue weighted by molar-refractivity contribution is -0.124. The third kappa shape index (κ3) is 3.40. The minimum atomic E-state index is -0.525. The van der Waals surface area contributed by atoms with Gasteiger partial charge in [0, 0.05) is 4.88 Å². The summed E-state index contributed by atoms with van der Waals surface area (Å²) in [6.45, 7) is 1.28. The molecule has 1 aromatic heterocycles. The fourth-order valence-corrected chi connectivity index (χ4v) is 2.59. The maximum atomic E-state index is 11.4. The van der Waals surface area contributed by atoms with Crippen LogP contribution in [-0.2, 0) is 4.79 Å². The van der Waals surface area contributed by atoms with E-state index in [0.29, 0.717) is 10.2 Å². The lowest BCUT2D eigenvalue weighted by Crippen LogP contribution is -2.28. The lowest BCUT2D eigenvalue weighted by Gasteiger charge is -2.10. The standard InChI is InChI=1S/C10H12BrNO3S/c1-6(12-10(15)5-13)8-2-3-9(16-8)7(14)4-11/h2-3,6,13H,4-5H2,1H3,(H,12,15). The highest BCUT2D eigenvalue weighted by Gasteiger charge is 2.13. The minimum Gasteiger partial charge on any atom is -0.387 e. The number of amides is 1. The molecule has 16 heavy (non-hydrogen) atoms. The number of carbonyl (C=O) groups excluding carboxylic acids is 2. The summed E-state index contributed by atoms with van der Waals surface area (Å²) in [5.41, 5.74) is 0. The molecule has 0 aliphatic heterocycles. The predicted octanol–water partition coefficient (Wildman–Crippen LogP) is 1.50. The van der Waals surface area contributed by atoms with E-state index >= 15 is 0 Å². The quantitative estimate of drug-likeness (QED) is 0.640. The van der Waals surface area contributed by atoms with E-state index < -0.39 is 12.5 Å². The van der Waals surface area contributed by atoms with Crippen LogP contribution >= 0.6 is 27.3 Å². The largest absolute Gasteiger partial charge is 0.387 e. The summed E-state index contributed by atoms with van der Waals surface area (Å²) in [7, 11) is 0. The predicted molar refractivity (Wildman–Crippen MR) is 66.1 cm³/mol. The molecular weight excluding hydrogens is 294 g/mol. The number of thiophene rings is 1. The molecule has 88 valence electrons. The van der Waals surface area contributed by atoms with Crippen molar-refractivity contribution in [3.8, 4) is 0 Å². The van der Waals surface area contributed by atoms with Crippen molar-refractivity contribution in [3.63, 3.8) is 0 Å². The first kappa shape index (κ1) is 13.3. The first-order valence-electron chi connectivity index (χ1n) is 4.67. The Hall–Kier alpha value is -0.720. The number of nitrogens with one attached hydrogen (secondary N) is 1. The van der Waals surface area contributed by atoms with E-state index in [4.69, 9.17) is 5.11 Å². The highest BCUT2D eigenvalue weighted by Crippen LogP contribution is 2.23. The molecule has 0 saturated carbocycles. The number of rotatable bonds is 5. The molecule has 2 N–H and O–H groups in total. The van der Waals surface area contributed by atoms with Gasteiger partial charge in [-0.25, -0.2) is 0 Å². The third-order valence-corrected chi connectivity index (χ3v) is 3.79. The van der Waals surface area contributed by atoms with Gasteiger partial charge in [-0.15, -0.1) is 11.3 Å². The van der Waals surface area contributed by atoms with Gasteiger partial charge in [0.15, 0.2) is 5.78 Å². The Morgan fingerprint density at radius 3 is 2.81 bits per heavy atom. The fourth-order valence-electron chi connectivity index (χ4n) is 1.16. The first-order chi connectivity index (χ1) is 7.58. The van der Waals surface area contributed by atoms with E-state index in [0.717, 1.165) is 4.88 Å². The third-order valence-electron chi connectivity index (χ3n) is 1.97. The Morgan fingerprint density at radius 2 is 2.25 bits per heavy atom. The Kier molecular flexibility index (Phi) is 5.11. The number of hydrogen-bond donors (Lipinski definition) is 2. The highest BCUT2D eigenvalue weighted by molar-refractivity contribution is 9.09. The van der Waals surface area contributed by atoms with Crippen molar-refractivity contribution >= 4 is 39.0 Å². The summed E-state index contributed by atoms with van der Waals surface area (Å²) in [5, 5.41) is 11.5. The van der Waals surface area contributed by atoms with E-state index in [-0.39, 0.29) is 11.8 Å². The van der Waals surface area contributed by atoms with Gasteiger partial charge in [0.05, 0.1) is 16.2 Å². The van der Waals surface area contributed by atoms with E-state index in [2.05, 4.69) is 21.2 Å². The van der Waals surface area contributed by atoms with Crippen LogP contribution in [0.4, 0.5) is 0 Å². The molecule has 0 aliphatic carbocycles. The van der Waals surface area contributed by atoms with E-state index in [1.54, 1.807) is 6.07 Å².